The highest BCUT2D eigenvalue weighted by molar-refractivity contribution is 5.56. The molecule has 0 saturated heterocycles. The van der Waals surface area contributed by atoms with Crippen LogP contribution in [-0.2, 0) is 0 Å². The summed E-state index contributed by atoms with van der Waals surface area (Å²) in [6, 6.07) is 14.3. The first-order valence-electron chi connectivity index (χ1n) is 7.56. The van der Waals surface area contributed by atoms with Crippen molar-refractivity contribution in [1.29, 1.82) is 0 Å². The van der Waals surface area contributed by atoms with E-state index < -0.39 is 0 Å². The Kier molecular flexibility index (Phi) is 5.55. The highest BCUT2D eigenvalue weighted by Crippen LogP contribution is 2.15. The van der Waals surface area contributed by atoms with E-state index in [-0.39, 0.29) is 0 Å². The van der Waals surface area contributed by atoms with Crippen molar-refractivity contribution in [2.45, 2.75) is 39.7 Å². The molecule has 0 saturated carbocycles. The van der Waals surface area contributed by atoms with Crippen molar-refractivity contribution in [3.05, 3.63) is 42.5 Å². The number of anilines is 3. The molecule has 2 aromatic rings. The van der Waals surface area contributed by atoms with E-state index in [4.69, 9.17) is 0 Å². The topological polar surface area (TPSA) is 49.8 Å². The molecule has 0 spiro atoms. The third-order valence-electron chi connectivity index (χ3n) is 3.28. The zero-order valence-corrected chi connectivity index (χ0v) is 13.0. The lowest BCUT2D eigenvalue weighted by atomic mass is 10.0. The van der Waals surface area contributed by atoms with Crippen molar-refractivity contribution in [1.82, 2.24) is 10.2 Å². The second-order valence-electron chi connectivity index (χ2n) is 5.81. The number of para-hydroxylation sites is 1. The van der Waals surface area contributed by atoms with E-state index in [1.165, 1.54) is 6.42 Å². The Hall–Kier alpha value is -2.10. The Morgan fingerprint density at radius 1 is 0.857 bits per heavy atom. The van der Waals surface area contributed by atoms with Gasteiger partial charge in [0.15, 0.2) is 5.82 Å². The van der Waals surface area contributed by atoms with Gasteiger partial charge in [-0.15, -0.1) is 10.2 Å². The van der Waals surface area contributed by atoms with Crippen LogP contribution in [0.5, 0.6) is 0 Å². The van der Waals surface area contributed by atoms with Crippen LogP contribution in [-0.4, -0.2) is 16.2 Å². The van der Waals surface area contributed by atoms with Crippen LogP contribution in [0.3, 0.4) is 0 Å². The predicted octanol–water partition coefficient (Wildman–Crippen LogP) is 4.46. The minimum atomic E-state index is 0.412. The SMILES string of the molecule is CC(C)CCC(C)Nc1ccc(Nc2ccccc2)nn1. The van der Waals surface area contributed by atoms with Gasteiger partial charge in [0.25, 0.3) is 0 Å². The molecule has 0 bridgehead atoms. The number of nitrogens with zero attached hydrogens (tertiary/aromatic N) is 2. The molecule has 1 aromatic heterocycles. The molecule has 0 aliphatic heterocycles. The molecule has 0 radical (unpaired) electrons. The van der Waals surface area contributed by atoms with Crippen molar-refractivity contribution in [2.24, 2.45) is 5.92 Å². The van der Waals surface area contributed by atoms with E-state index in [0.717, 1.165) is 29.7 Å². The maximum absolute atomic E-state index is 4.22. The lowest BCUT2D eigenvalue weighted by Crippen LogP contribution is -2.17. The second-order valence-corrected chi connectivity index (χ2v) is 5.81. The lowest BCUT2D eigenvalue weighted by Gasteiger charge is -2.15. The van der Waals surface area contributed by atoms with Crippen LogP contribution in [0.15, 0.2) is 42.5 Å². The van der Waals surface area contributed by atoms with Crippen LogP contribution in [0.1, 0.15) is 33.6 Å². The van der Waals surface area contributed by atoms with Gasteiger partial charge in [0.05, 0.1) is 0 Å². The van der Waals surface area contributed by atoms with E-state index in [2.05, 4.69) is 41.6 Å². The Bertz CT molecular complexity index is 522. The number of aromatic nitrogens is 2. The van der Waals surface area contributed by atoms with Gasteiger partial charge in [-0.25, -0.2) is 0 Å². The van der Waals surface area contributed by atoms with Gasteiger partial charge in [-0.1, -0.05) is 32.0 Å². The molecule has 4 nitrogen and oxygen atoms in total. The fourth-order valence-electron chi connectivity index (χ4n) is 2.05. The van der Waals surface area contributed by atoms with Gasteiger partial charge in [0.2, 0.25) is 0 Å². The van der Waals surface area contributed by atoms with Gasteiger partial charge in [0, 0.05) is 11.7 Å². The molecule has 1 unspecified atom stereocenters. The third-order valence-corrected chi connectivity index (χ3v) is 3.28. The summed E-state index contributed by atoms with van der Waals surface area (Å²) in [5.41, 5.74) is 1.01. The van der Waals surface area contributed by atoms with Gasteiger partial charge < -0.3 is 10.6 Å². The highest BCUT2D eigenvalue weighted by atomic mass is 15.2. The molecule has 2 rings (SSSR count). The molecule has 2 N–H and O–H groups in total. The summed E-state index contributed by atoms with van der Waals surface area (Å²) >= 11 is 0. The predicted molar refractivity (Wildman–Crippen MR) is 88.9 cm³/mol. The summed E-state index contributed by atoms with van der Waals surface area (Å²) in [5.74, 6) is 2.31. The molecular formula is C17H24N4. The maximum atomic E-state index is 4.22. The zero-order chi connectivity index (χ0) is 15.1. The van der Waals surface area contributed by atoms with E-state index in [1.807, 2.05) is 42.5 Å². The first-order valence-corrected chi connectivity index (χ1v) is 7.56. The largest absolute Gasteiger partial charge is 0.366 e. The number of hydrogen-bond acceptors (Lipinski definition) is 4. The van der Waals surface area contributed by atoms with E-state index >= 15 is 0 Å². The molecule has 0 amide bonds. The molecule has 0 fully saturated rings. The monoisotopic (exact) mass is 284 g/mol. The molecule has 0 aliphatic carbocycles. The van der Waals surface area contributed by atoms with E-state index in [0.29, 0.717) is 6.04 Å². The van der Waals surface area contributed by atoms with Crippen molar-refractivity contribution in [2.75, 3.05) is 10.6 Å². The Labute approximate surface area is 127 Å². The maximum Gasteiger partial charge on any atom is 0.153 e. The summed E-state index contributed by atoms with van der Waals surface area (Å²) in [6.07, 6.45) is 2.36. The first kappa shape index (κ1) is 15.3. The van der Waals surface area contributed by atoms with Gasteiger partial charge in [-0.3, -0.25) is 0 Å². The van der Waals surface area contributed by atoms with Crippen LogP contribution in [0.25, 0.3) is 0 Å². The molecule has 21 heavy (non-hydrogen) atoms. The fourth-order valence-corrected chi connectivity index (χ4v) is 2.05. The molecular weight excluding hydrogens is 260 g/mol. The fraction of sp³-hybridized carbons (Fsp3) is 0.412. The van der Waals surface area contributed by atoms with Crippen molar-refractivity contribution >= 4 is 17.3 Å². The zero-order valence-electron chi connectivity index (χ0n) is 13.0. The van der Waals surface area contributed by atoms with Crippen molar-refractivity contribution < 1.29 is 0 Å². The van der Waals surface area contributed by atoms with Gasteiger partial charge >= 0.3 is 0 Å². The van der Waals surface area contributed by atoms with Gasteiger partial charge in [-0.05, 0) is 49.9 Å². The smallest absolute Gasteiger partial charge is 0.153 e. The van der Waals surface area contributed by atoms with Crippen LogP contribution in [0, 0.1) is 5.92 Å². The average Bonchev–Trinajstić information content (AvgIpc) is 2.48. The minimum absolute atomic E-state index is 0.412. The summed E-state index contributed by atoms with van der Waals surface area (Å²) in [4.78, 5) is 0. The van der Waals surface area contributed by atoms with Crippen molar-refractivity contribution in [3.8, 4) is 0 Å². The van der Waals surface area contributed by atoms with Crippen molar-refractivity contribution in [3.63, 3.8) is 0 Å². The first-order chi connectivity index (χ1) is 10.1. The molecule has 0 aliphatic rings. The normalized spacial score (nSPS) is 12.2. The minimum Gasteiger partial charge on any atom is -0.366 e. The van der Waals surface area contributed by atoms with Crippen LogP contribution < -0.4 is 10.6 Å². The quantitative estimate of drug-likeness (QED) is 0.788. The Morgan fingerprint density at radius 3 is 2.14 bits per heavy atom. The molecule has 1 atom stereocenters. The summed E-state index contributed by atoms with van der Waals surface area (Å²) < 4.78 is 0. The van der Waals surface area contributed by atoms with Crippen LogP contribution in [0.4, 0.5) is 17.3 Å². The number of nitrogens with one attached hydrogen (secondary N) is 2. The average molecular weight is 284 g/mol. The lowest BCUT2D eigenvalue weighted by molar-refractivity contribution is 0.527. The summed E-state index contributed by atoms with van der Waals surface area (Å²) in [6.45, 7) is 6.67. The van der Waals surface area contributed by atoms with E-state index in [9.17, 15) is 0 Å². The van der Waals surface area contributed by atoms with Crippen LogP contribution >= 0.6 is 0 Å². The number of benzene rings is 1. The molecule has 4 heteroatoms. The molecule has 1 aromatic carbocycles. The summed E-state index contributed by atoms with van der Waals surface area (Å²) in [5, 5.41) is 15.0. The molecule has 1 heterocycles. The van der Waals surface area contributed by atoms with Gasteiger partial charge in [0.1, 0.15) is 5.82 Å². The summed E-state index contributed by atoms with van der Waals surface area (Å²) in [7, 11) is 0. The standard InChI is InChI=1S/C17H24N4/c1-13(2)9-10-14(3)18-16-11-12-17(21-20-16)19-15-7-5-4-6-8-15/h4-8,11-14H,9-10H2,1-3H3,(H,18,20)(H,19,21). The van der Waals surface area contributed by atoms with Gasteiger partial charge in [-0.2, -0.15) is 0 Å². The van der Waals surface area contributed by atoms with E-state index in [1.54, 1.807) is 0 Å². The second kappa shape index (κ2) is 7.62. The molecule has 112 valence electrons. The Balaban J connectivity index is 1.87. The highest BCUT2D eigenvalue weighted by Gasteiger charge is 2.05. The number of hydrogen-bond donors (Lipinski definition) is 2. The Morgan fingerprint density at radius 2 is 1.52 bits per heavy atom. The van der Waals surface area contributed by atoms with Crippen LogP contribution in [0.2, 0.25) is 0 Å². The third kappa shape index (κ3) is 5.42. The number of rotatable bonds is 7.